The number of aryl methyl sites for hydroxylation is 1. The van der Waals surface area contributed by atoms with E-state index in [1.165, 1.54) is 12.0 Å². The lowest BCUT2D eigenvalue weighted by molar-refractivity contribution is -0.233. The van der Waals surface area contributed by atoms with Crippen molar-refractivity contribution < 1.29 is 9.47 Å². The summed E-state index contributed by atoms with van der Waals surface area (Å²) in [5, 5.41) is 0. The second-order valence-electron chi connectivity index (χ2n) is 4.98. The summed E-state index contributed by atoms with van der Waals surface area (Å²) >= 11 is 0. The summed E-state index contributed by atoms with van der Waals surface area (Å²) in [5.74, 6) is 0.477. The van der Waals surface area contributed by atoms with Gasteiger partial charge in [0.05, 0.1) is 12.7 Å². The highest BCUT2D eigenvalue weighted by Crippen LogP contribution is 2.28. The third-order valence-electron chi connectivity index (χ3n) is 3.44. The highest BCUT2D eigenvalue weighted by Gasteiger charge is 2.26. The lowest BCUT2D eigenvalue weighted by atomic mass is 10.0. The number of hydrogen-bond acceptors (Lipinski definition) is 2. The van der Waals surface area contributed by atoms with Crippen LogP contribution in [-0.2, 0) is 15.9 Å². The van der Waals surface area contributed by atoms with Gasteiger partial charge in [-0.15, -0.1) is 0 Å². The van der Waals surface area contributed by atoms with Crippen molar-refractivity contribution in [3.63, 3.8) is 0 Å². The van der Waals surface area contributed by atoms with Gasteiger partial charge in [0.2, 0.25) is 0 Å². The molecule has 3 atom stereocenters. The molecule has 2 heteroatoms. The van der Waals surface area contributed by atoms with Gasteiger partial charge in [-0.25, -0.2) is 0 Å². The maximum absolute atomic E-state index is 5.86. The SMILES string of the molecule is CCCc1ccc(C2OCC(C)C(C)O2)cc1. The third kappa shape index (κ3) is 3.08. The van der Waals surface area contributed by atoms with E-state index >= 15 is 0 Å². The van der Waals surface area contributed by atoms with E-state index in [-0.39, 0.29) is 12.4 Å². The molecule has 1 aromatic carbocycles. The zero-order valence-electron chi connectivity index (χ0n) is 11.0. The topological polar surface area (TPSA) is 18.5 Å². The first-order valence-electron chi connectivity index (χ1n) is 6.56. The molecule has 2 rings (SSSR count). The summed E-state index contributed by atoms with van der Waals surface area (Å²) in [6.07, 6.45) is 2.41. The van der Waals surface area contributed by atoms with E-state index in [0.717, 1.165) is 18.6 Å². The first-order valence-corrected chi connectivity index (χ1v) is 6.56. The molecule has 1 aromatic rings. The van der Waals surface area contributed by atoms with Crippen molar-refractivity contribution >= 4 is 0 Å². The maximum atomic E-state index is 5.86. The normalized spacial score (nSPS) is 29.2. The number of hydrogen-bond donors (Lipinski definition) is 0. The van der Waals surface area contributed by atoms with Gasteiger partial charge in [0.1, 0.15) is 0 Å². The second kappa shape index (κ2) is 5.65. The number of rotatable bonds is 3. The van der Waals surface area contributed by atoms with Gasteiger partial charge in [0.15, 0.2) is 6.29 Å². The van der Waals surface area contributed by atoms with Crippen molar-refractivity contribution in [2.45, 2.75) is 46.0 Å². The molecule has 2 nitrogen and oxygen atoms in total. The van der Waals surface area contributed by atoms with Crippen LogP contribution in [0.4, 0.5) is 0 Å². The van der Waals surface area contributed by atoms with E-state index in [4.69, 9.17) is 9.47 Å². The van der Waals surface area contributed by atoms with E-state index in [1.54, 1.807) is 0 Å². The summed E-state index contributed by atoms with van der Waals surface area (Å²) in [4.78, 5) is 0. The average Bonchev–Trinajstić information content (AvgIpc) is 2.34. The second-order valence-corrected chi connectivity index (χ2v) is 4.98. The summed E-state index contributed by atoms with van der Waals surface area (Å²) in [5.41, 5.74) is 2.51. The van der Waals surface area contributed by atoms with Crippen LogP contribution in [0.5, 0.6) is 0 Å². The van der Waals surface area contributed by atoms with Crippen LogP contribution in [0.3, 0.4) is 0 Å². The first kappa shape index (κ1) is 12.6. The lowest BCUT2D eigenvalue weighted by Gasteiger charge is -2.33. The molecule has 3 unspecified atom stereocenters. The van der Waals surface area contributed by atoms with Crippen LogP contribution < -0.4 is 0 Å². The Hall–Kier alpha value is -0.860. The molecule has 1 aliphatic heterocycles. The van der Waals surface area contributed by atoms with Crippen molar-refractivity contribution in [1.29, 1.82) is 0 Å². The molecule has 1 aliphatic rings. The Morgan fingerprint density at radius 3 is 2.47 bits per heavy atom. The highest BCUT2D eigenvalue weighted by molar-refractivity contribution is 5.23. The number of ether oxygens (including phenoxy) is 2. The highest BCUT2D eigenvalue weighted by atomic mass is 16.7. The summed E-state index contributed by atoms with van der Waals surface area (Å²) < 4.78 is 11.6. The molecule has 0 radical (unpaired) electrons. The van der Waals surface area contributed by atoms with Crippen molar-refractivity contribution in [3.8, 4) is 0 Å². The Morgan fingerprint density at radius 2 is 1.88 bits per heavy atom. The predicted octanol–water partition coefficient (Wildman–Crippen LogP) is 3.71. The van der Waals surface area contributed by atoms with E-state index in [9.17, 15) is 0 Å². The van der Waals surface area contributed by atoms with E-state index < -0.39 is 0 Å². The molecule has 1 fully saturated rings. The van der Waals surface area contributed by atoms with Crippen LogP contribution in [0.1, 0.15) is 44.6 Å². The Morgan fingerprint density at radius 1 is 1.18 bits per heavy atom. The fourth-order valence-electron chi connectivity index (χ4n) is 2.05. The Bertz CT molecular complexity index is 344. The minimum absolute atomic E-state index is 0.183. The van der Waals surface area contributed by atoms with Crippen LogP contribution in [0.25, 0.3) is 0 Å². The molecule has 0 bridgehead atoms. The number of benzene rings is 1. The molecule has 0 N–H and O–H groups in total. The van der Waals surface area contributed by atoms with E-state index in [1.807, 2.05) is 0 Å². The molecule has 0 amide bonds. The van der Waals surface area contributed by atoms with Gasteiger partial charge in [0.25, 0.3) is 0 Å². The predicted molar refractivity (Wildman–Crippen MR) is 68.8 cm³/mol. The van der Waals surface area contributed by atoms with E-state index in [2.05, 4.69) is 45.0 Å². The van der Waals surface area contributed by atoms with Crippen molar-refractivity contribution in [2.75, 3.05) is 6.61 Å². The van der Waals surface area contributed by atoms with Gasteiger partial charge in [-0.3, -0.25) is 0 Å². The minimum atomic E-state index is -0.183. The Balaban J connectivity index is 2.02. The van der Waals surface area contributed by atoms with Crippen LogP contribution in [0, 0.1) is 5.92 Å². The molecule has 0 saturated carbocycles. The zero-order valence-corrected chi connectivity index (χ0v) is 11.0. The molecule has 1 saturated heterocycles. The molecule has 17 heavy (non-hydrogen) atoms. The standard InChI is InChI=1S/C15H22O2/c1-4-5-13-6-8-14(9-7-13)15-16-10-11(2)12(3)17-15/h6-9,11-12,15H,4-5,10H2,1-3H3. The smallest absolute Gasteiger partial charge is 0.184 e. The third-order valence-corrected chi connectivity index (χ3v) is 3.44. The van der Waals surface area contributed by atoms with Gasteiger partial charge in [-0.2, -0.15) is 0 Å². The Kier molecular flexibility index (Phi) is 4.19. The molecular weight excluding hydrogens is 212 g/mol. The summed E-state index contributed by atoms with van der Waals surface area (Å²) in [6.45, 7) is 7.25. The van der Waals surface area contributed by atoms with Crippen LogP contribution in [0.15, 0.2) is 24.3 Å². The molecule has 0 aromatic heterocycles. The maximum Gasteiger partial charge on any atom is 0.184 e. The molecule has 0 aliphatic carbocycles. The van der Waals surface area contributed by atoms with Gasteiger partial charge < -0.3 is 9.47 Å². The van der Waals surface area contributed by atoms with E-state index in [0.29, 0.717) is 5.92 Å². The van der Waals surface area contributed by atoms with Gasteiger partial charge in [-0.1, -0.05) is 44.5 Å². The van der Waals surface area contributed by atoms with Crippen molar-refractivity contribution in [3.05, 3.63) is 35.4 Å². The summed E-state index contributed by atoms with van der Waals surface area (Å²) in [7, 11) is 0. The minimum Gasteiger partial charge on any atom is -0.348 e. The van der Waals surface area contributed by atoms with Gasteiger partial charge in [0, 0.05) is 11.5 Å². The zero-order chi connectivity index (χ0) is 12.3. The first-order chi connectivity index (χ1) is 8.20. The molecular formula is C15H22O2. The van der Waals surface area contributed by atoms with Crippen LogP contribution >= 0.6 is 0 Å². The lowest BCUT2D eigenvalue weighted by Crippen LogP contribution is -2.32. The average molecular weight is 234 g/mol. The fraction of sp³-hybridized carbons (Fsp3) is 0.600. The van der Waals surface area contributed by atoms with Crippen molar-refractivity contribution in [1.82, 2.24) is 0 Å². The molecule has 0 spiro atoms. The monoisotopic (exact) mass is 234 g/mol. The molecule has 94 valence electrons. The molecule has 1 heterocycles. The Labute approximate surface area is 104 Å². The van der Waals surface area contributed by atoms with Gasteiger partial charge >= 0.3 is 0 Å². The fourth-order valence-corrected chi connectivity index (χ4v) is 2.05. The summed E-state index contributed by atoms with van der Waals surface area (Å²) in [6, 6.07) is 8.60. The quantitative estimate of drug-likeness (QED) is 0.793. The van der Waals surface area contributed by atoms with Crippen LogP contribution in [-0.4, -0.2) is 12.7 Å². The largest absolute Gasteiger partial charge is 0.348 e. The van der Waals surface area contributed by atoms with Crippen LogP contribution in [0.2, 0.25) is 0 Å². The van der Waals surface area contributed by atoms with Crippen molar-refractivity contribution in [2.24, 2.45) is 5.92 Å². The van der Waals surface area contributed by atoms with Gasteiger partial charge in [-0.05, 0) is 18.9 Å².